The molecule has 0 atom stereocenters. The van der Waals surface area contributed by atoms with Crippen LogP contribution in [0.1, 0.15) is 10.4 Å². The Kier molecular flexibility index (Phi) is 3.61. The number of benzene rings is 1. The van der Waals surface area contributed by atoms with Gasteiger partial charge in [0.15, 0.2) is 5.65 Å². The number of hydrogen-bond donors (Lipinski definition) is 2. The van der Waals surface area contributed by atoms with Crippen molar-refractivity contribution < 1.29 is 27.5 Å². The van der Waals surface area contributed by atoms with Crippen LogP contribution in [0.25, 0.3) is 33.5 Å². The average Bonchev–Trinajstić information content (AvgIpc) is 3.14. The number of carboxylic acids is 1. The van der Waals surface area contributed by atoms with Crippen LogP contribution in [0.5, 0.6) is 0 Å². The van der Waals surface area contributed by atoms with Crippen molar-refractivity contribution in [2.45, 2.75) is 12.7 Å². The maximum atomic E-state index is 13.5. The number of carboxylic acid groups (broad SMARTS) is 1. The molecule has 0 aliphatic carbocycles. The molecule has 11 heteroatoms. The minimum absolute atomic E-state index is 0.0423. The summed E-state index contributed by atoms with van der Waals surface area (Å²) in [6.45, 7) is -1.41. The summed E-state index contributed by atoms with van der Waals surface area (Å²) in [5.41, 5.74) is 0.173. The second-order valence-corrected chi connectivity index (χ2v) is 5.74. The summed E-state index contributed by atoms with van der Waals surface area (Å²) in [7, 11) is 0. The standard InChI is InChI=1S/C16H9F4N5O2/c17-7-1-2-8-11(3-7)25(6-16(18,19)20)24-12(8)10-5-22-14-13(23-10)9(4-21-14)15(26)27/h1-5H,6H2,(H,21,22)(H,26,27). The Labute approximate surface area is 147 Å². The number of alkyl halides is 3. The van der Waals surface area contributed by atoms with Crippen LogP contribution in [0.15, 0.2) is 30.6 Å². The van der Waals surface area contributed by atoms with Crippen LogP contribution in [-0.4, -0.2) is 42.0 Å². The van der Waals surface area contributed by atoms with Gasteiger partial charge in [0.2, 0.25) is 0 Å². The quantitative estimate of drug-likeness (QED) is 0.532. The van der Waals surface area contributed by atoms with E-state index in [1.165, 1.54) is 18.5 Å². The molecule has 0 fully saturated rings. The maximum Gasteiger partial charge on any atom is 0.408 e. The number of aromatic amines is 1. The Morgan fingerprint density at radius 1 is 1.30 bits per heavy atom. The number of carbonyl (C=O) groups is 1. The monoisotopic (exact) mass is 379 g/mol. The van der Waals surface area contributed by atoms with E-state index in [1.807, 2.05) is 0 Å². The molecule has 1 aromatic carbocycles. The van der Waals surface area contributed by atoms with Crippen molar-refractivity contribution in [3.63, 3.8) is 0 Å². The van der Waals surface area contributed by atoms with Crippen LogP contribution < -0.4 is 0 Å². The second kappa shape index (κ2) is 5.76. The summed E-state index contributed by atoms with van der Waals surface area (Å²) >= 11 is 0. The van der Waals surface area contributed by atoms with Crippen molar-refractivity contribution in [3.8, 4) is 11.4 Å². The fourth-order valence-corrected chi connectivity index (χ4v) is 2.80. The highest BCUT2D eigenvalue weighted by atomic mass is 19.4. The number of halogens is 4. The number of H-pyrrole nitrogens is 1. The molecule has 3 aromatic heterocycles. The van der Waals surface area contributed by atoms with Crippen molar-refractivity contribution in [1.82, 2.24) is 24.7 Å². The lowest BCUT2D eigenvalue weighted by atomic mass is 10.1. The number of aromatic carboxylic acids is 1. The van der Waals surface area contributed by atoms with E-state index in [4.69, 9.17) is 0 Å². The molecule has 4 aromatic rings. The molecule has 138 valence electrons. The van der Waals surface area contributed by atoms with Crippen LogP contribution in [0.3, 0.4) is 0 Å². The van der Waals surface area contributed by atoms with Gasteiger partial charge in [-0.3, -0.25) is 4.68 Å². The van der Waals surface area contributed by atoms with E-state index in [9.17, 15) is 27.5 Å². The van der Waals surface area contributed by atoms with Crippen molar-refractivity contribution >= 4 is 28.0 Å². The van der Waals surface area contributed by atoms with E-state index in [0.29, 0.717) is 4.68 Å². The molecule has 0 aliphatic heterocycles. The Morgan fingerprint density at radius 2 is 2.07 bits per heavy atom. The van der Waals surface area contributed by atoms with Gasteiger partial charge in [-0.25, -0.2) is 19.2 Å². The summed E-state index contributed by atoms with van der Waals surface area (Å²) in [5.74, 6) is -1.94. The van der Waals surface area contributed by atoms with Crippen molar-refractivity contribution in [2.24, 2.45) is 0 Å². The molecule has 0 aliphatic rings. The minimum atomic E-state index is -4.56. The zero-order chi connectivity index (χ0) is 19.3. The van der Waals surface area contributed by atoms with E-state index in [1.54, 1.807) is 0 Å². The van der Waals surface area contributed by atoms with Crippen LogP contribution in [0.2, 0.25) is 0 Å². The third-order valence-electron chi connectivity index (χ3n) is 3.90. The Morgan fingerprint density at radius 3 is 2.78 bits per heavy atom. The van der Waals surface area contributed by atoms with Gasteiger partial charge in [-0.1, -0.05) is 0 Å². The molecule has 0 spiro atoms. The first-order valence-corrected chi connectivity index (χ1v) is 7.53. The Hall–Kier alpha value is -3.50. The lowest BCUT2D eigenvalue weighted by Gasteiger charge is -2.07. The summed E-state index contributed by atoms with van der Waals surface area (Å²) < 4.78 is 52.7. The molecule has 0 radical (unpaired) electrons. The summed E-state index contributed by atoms with van der Waals surface area (Å²) in [4.78, 5) is 22.1. The van der Waals surface area contributed by atoms with Gasteiger partial charge in [-0.05, 0) is 18.2 Å². The van der Waals surface area contributed by atoms with Crippen LogP contribution in [0, 0.1) is 5.82 Å². The molecule has 0 saturated carbocycles. The lowest BCUT2D eigenvalue weighted by molar-refractivity contribution is -0.141. The molecule has 27 heavy (non-hydrogen) atoms. The molecule has 3 heterocycles. The second-order valence-electron chi connectivity index (χ2n) is 5.74. The predicted octanol–water partition coefficient (Wildman–Crippen LogP) is 3.37. The number of hydrogen-bond acceptors (Lipinski definition) is 4. The van der Waals surface area contributed by atoms with Crippen molar-refractivity contribution in [1.29, 1.82) is 0 Å². The number of fused-ring (bicyclic) bond motifs is 2. The van der Waals surface area contributed by atoms with E-state index >= 15 is 0 Å². The van der Waals surface area contributed by atoms with E-state index in [2.05, 4.69) is 20.1 Å². The molecular weight excluding hydrogens is 370 g/mol. The molecule has 0 saturated heterocycles. The normalized spacial score (nSPS) is 12.1. The molecule has 0 amide bonds. The number of rotatable bonds is 3. The summed E-state index contributed by atoms with van der Waals surface area (Å²) in [5, 5.41) is 13.4. The molecule has 2 N–H and O–H groups in total. The summed E-state index contributed by atoms with van der Waals surface area (Å²) in [6, 6.07) is 3.33. The molecule has 7 nitrogen and oxygen atoms in total. The highest BCUT2D eigenvalue weighted by Crippen LogP contribution is 2.30. The fourth-order valence-electron chi connectivity index (χ4n) is 2.80. The first-order valence-electron chi connectivity index (χ1n) is 7.53. The van der Waals surface area contributed by atoms with Crippen molar-refractivity contribution in [3.05, 3.63) is 42.0 Å². The zero-order valence-corrected chi connectivity index (χ0v) is 13.3. The first-order chi connectivity index (χ1) is 12.7. The van der Waals surface area contributed by atoms with Gasteiger partial charge in [0.25, 0.3) is 0 Å². The van der Waals surface area contributed by atoms with Gasteiger partial charge >= 0.3 is 12.1 Å². The largest absolute Gasteiger partial charge is 0.478 e. The molecule has 0 unspecified atom stereocenters. The number of aromatic nitrogens is 5. The van der Waals surface area contributed by atoms with Gasteiger partial charge in [0.05, 0.1) is 11.7 Å². The van der Waals surface area contributed by atoms with Crippen LogP contribution in [-0.2, 0) is 6.54 Å². The lowest BCUT2D eigenvalue weighted by Crippen LogP contribution is -2.18. The maximum absolute atomic E-state index is 13.5. The van der Waals surface area contributed by atoms with Crippen LogP contribution in [0.4, 0.5) is 17.6 Å². The Bertz CT molecular complexity index is 1190. The molecular formula is C16H9F4N5O2. The van der Waals surface area contributed by atoms with Gasteiger partial charge in [-0.15, -0.1) is 0 Å². The van der Waals surface area contributed by atoms with Gasteiger partial charge in [0.1, 0.15) is 34.8 Å². The fraction of sp³-hybridized carbons (Fsp3) is 0.125. The molecule has 0 bridgehead atoms. The number of nitrogens with one attached hydrogen (secondary N) is 1. The van der Waals surface area contributed by atoms with Gasteiger partial charge in [-0.2, -0.15) is 18.3 Å². The number of nitrogens with zero attached hydrogens (tertiary/aromatic N) is 4. The minimum Gasteiger partial charge on any atom is -0.478 e. The molecule has 4 rings (SSSR count). The van der Waals surface area contributed by atoms with Crippen molar-refractivity contribution in [2.75, 3.05) is 0 Å². The zero-order valence-electron chi connectivity index (χ0n) is 13.3. The predicted molar refractivity (Wildman–Crippen MR) is 85.6 cm³/mol. The van der Waals surface area contributed by atoms with Gasteiger partial charge < -0.3 is 10.1 Å². The first kappa shape index (κ1) is 16.9. The van der Waals surface area contributed by atoms with Crippen LogP contribution >= 0.6 is 0 Å². The third-order valence-corrected chi connectivity index (χ3v) is 3.90. The van der Waals surface area contributed by atoms with Gasteiger partial charge in [0, 0.05) is 11.6 Å². The average molecular weight is 379 g/mol. The highest BCUT2D eigenvalue weighted by molar-refractivity contribution is 6.01. The topological polar surface area (TPSA) is 96.7 Å². The Balaban J connectivity index is 1.95. The SMILES string of the molecule is O=C(O)c1c[nH]c2ncc(-c3nn(CC(F)(F)F)c4cc(F)ccc34)nc12. The third kappa shape index (κ3) is 2.96. The van der Waals surface area contributed by atoms with E-state index in [0.717, 1.165) is 12.1 Å². The van der Waals surface area contributed by atoms with E-state index in [-0.39, 0.29) is 39.0 Å². The smallest absolute Gasteiger partial charge is 0.408 e. The van der Waals surface area contributed by atoms with E-state index < -0.39 is 24.5 Å². The summed E-state index contributed by atoms with van der Waals surface area (Å²) in [6.07, 6.45) is -2.09. The highest BCUT2D eigenvalue weighted by Gasteiger charge is 2.30.